The molecule has 0 aliphatic heterocycles. The van der Waals surface area contributed by atoms with Crippen LogP contribution in [-0.2, 0) is 19.1 Å². The van der Waals surface area contributed by atoms with Crippen molar-refractivity contribution in [3.63, 3.8) is 0 Å². The first-order valence-corrected chi connectivity index (χ1v) is 25.8. The summed E-state index contributed by atoms with van der Waals surface area (Å²) in [4.78, 5) is 27.8. The van der Waals surface area contributed by atoms with Crippen LogP contribution in [0.4, 0.5) is 0 Å². The van der Waals surface area contributed by atoms with E-state index in [9.17, 15) is 9.59 Å². The fourth-order valence-corrected chi connectivity index (χ4v) is 8.07. The van der Waals surface area contributed by atoms with E-state index in [0.29, 0.717) is 26.1 Å². The Bertz CT molecular complexity index is 790. The van der Waals surface area contributed by atoms with Gasteiger partial charge >= 0.3 is 11.9 Å². The second kappa shape index (κ2) is 47.5. The standard InChI is InChI=1S/C51H101NO5/c1-4-7-10-13-16-17-21-29-39-48-56-50(54)42-34-30-37-46-52(44-35-26-19-18-20-28-38-47-53)45-36-27-22-25-33-43-51(55)57-49(40-31-23-14-11-8-5-2)41-32-24-15-12-9-6-3/h49,53H,4-48H2,1-3H3. The molecule has 0 aromatic carbocycles. The molecule has 0 aliphatic carbocycles. The van der Waals surface area contributed by atoms with Gasteiger partial charge in [-0.1, -0.05) is 194 Å². The molecule has 340 valence electrons. The van der Waals surface area contributed by atoms with Crippen molar-refractivity contribution in [3.8, 4) is 0 Å². The number of carbonyl (C=O) groups is 2. The quantitative estimate of drug-likeness (QED) is 0.0487. The molecule has 0 fully saturated rings. The Kier molecular flexibility index (Phi) is 46.6. The molecule has 0 aliphatic rings. The van der Waals surface area contributed by atoms with E-state index in [-0.39, 0.29) is 18.0 Å². The summed E-state index contributed by atoms with van der Waals surface area (Å²) in [5.41, 5.74) is 0. The molecule has 0 amide bonds. The van der Waals surface area contributed by atoms with E-state index < -0.39 is 0 Å². The monoisotopic (exact) mass is 808 g/mol. The van der Waals surface area contributed by atoms with Crippen molar-refractivity contribution < 1.29 is 24.2 Å². The Balaban J connectivity index is 4.36. The average Bonchev–Trinajstić information content (AvgIpc) is 3.21. The van der Waals surface area contributed by atoms with Crippen LogP contribution in [0.2, 0.25) is 0 Å². The van der Waals surface area contributed by atoms with Crippen molar-refractivity contribution in [2.75, 3.05) is 32.8 Å². The summed E-state index contributed by atoms with van der Waals surface area (Å²) in [5, 5.41) is 9.02. The van der Waals surface area contributed by atoms with Gasteiger partial charge in [0.1, 0.15) is 6.10 Å². The van der Waals surface area contributed by atoms with E-state index in [4.69, 9.17) is 14.6 Å². The topological polar surface area (TPSA) is 76.1 Å². The van der Waals surface area contributed by atoms with Gasteiger partial charge in [-0.15, -0.1) is 0 Å². The maximum absolute atomic E-state index is 12.8. The maximum atomic E-state index is 12.8. The minimum absolute atomic E-state index is 0.0141. The first-order valence-electron chi connectivity index (χ1n) is 25.8. The number of ether oxygens (including phenoxy) is 2. The van der Waals surface area contributed by atoms with Gasteiger partial charge in [0, 0.05) is 19.4 Å². The van der Waals surface area contributed by atoms with E-state index in [1.165, 1.54) is 186 Å². The number of carbonyl (C=O) groups excluding carboxylic acids is 2. The minimum Gasteiger partial charge on any atom is -0.466 e. The zero-order chi connectivity index (χ0) is 41.5. The highest BCUT2D eigenvalue weighted by Crippen LogP contribution is 2.19. The Hall–Kier alpha value is -1.14. The van der Waals surface area contributed by atoms with Crippen LogP contribution in [0.15, 0.2) is 0 Å². The molecule has 6 nitrogen and oxygen atoms in total. The predicted molar refractivity (Wildman–Crippen MR) is 246 cm³/mol. The third-order valence-corrected chi connectivity index (χ3v) is 11.9. The number of hydrogen-bond donors (Lipinski definition) is 1. The largest absolute Gasteiger partial charge is 0.466 e. The smallest absolute Gasteiger partial charge is 0.306 e. The van der Waals surface area contributed by atoms with Crippen LogP contribution in [0, 0.1) is 0 Å². The molecule has 0 atom stereocenters. The molecule has 0 radical (unpaired) electrons. The van der Waals surface area contributed by atoms with Crippen molar-refractivity contribution >= 4 is 11.9 Å². The SMILES string of the molecule is CCCCCCCCCCCOC(=O)CCCCCN(CCCCCCCCCO)CCCCCCCC(=O)OC(CCCCCCCC)CCCCCCCC. The minimum atomic E-state index is -0.0141. The number of nitrogens with zero attached hydrogens (tertiary/aromatic N) is 1. The molecule has 6 heteroatoms. The van der Waals surface area contributed by atoms with E-state index >= 15 is 0 Å². The van der Waals surface area contributed by atoms with E-state index in [0.717, 1.165) is 77.3 Å². The summed E-state index contributed by atoms with van der Waals surface area (Å²) in [7, 11) is 0. The first-order chi connectivity index (χ1) is 28.1. The van der Waals surface area contributed by atoms with E-state index in [2.05, 4.69) is 25.7 Å². The Labute approximate surface area is 356 Å². The van der Waals surface area contributed by atoms with Crippen LogP contribution in [0.1, 0.15) is 278 Å². The summed E-state index contributed by atoms with van der Waals surface area (Å²) in [6, 6.07) is 0. The number of rotatable bonds is 48. The molecule has 0 bridgehead atoms. The molecule has 0 aromatic heterocycles. The fourth-order valence-electron chi connectivity index (χ4n) is 8.07. The normalized spacial score (nSPS) is 11.6. The zero-order valence-electron chi connectivity index (χ0n) is 38.9. The zero-order valence-corrected chi connectivity index (χ0v) is 38.9. The molecular weight excluding hydrogens is 707 g/mol. The Morgan fingerprint density at radius 3 is 1.18 bits per heavy atom. The van der Waals surface area contributed by atoms with Crippen molar-refractivity contribution in [3.05, 3.63) is 0 Å². The lowest BCUT2D eigenvalue weighted by atomic mass is 10.0. The highest BCUT2D eigenvalue weighted by Gasteiger charge is 2.14. The van der Waals surface area contributed by atoms with Gasteiger partial charge < -0.3 is 19.5 Å². The predicted octanol–water partition coefficient (Wildman–Crippen LogP) is 15.4. The molecule has 57 heavy (non-hydrogen) atoms. The molecule has 0 heterocycles. The third kappa shape index (κ3) is 44.2. The summed E-state index contributed by atoms with van der Waals surface area (Å²) in [5.74, 6) is 0.0171. The van der Waals surface area contributed by atoms with Crippen LogP contribution >= 0.6 is 0 Å². The number of esters is 2. The lowest BCUT2D eigenvalue weighted by Crippen LogP contribution is -2.27. The molecule has 0 aromatic rings. The molecule has 1 N–H and O–H groups in total. The van der Waals surface area contributed by atoms with Gasteiger partial charge in [-0.3, -0.25) is 9.59 Å². The van der Waals surface area contributed by atoms with Crippen LogP contribution in [-0.4, -0.2) is 60.9 Å². The molecule has 0 saturated heterocycles. The van der Waals surface area contributed by atoms with Gasteiger partial charge in [-0.25, -0.2) is 0 Å². The lowest BCUT2D eigenvalue weighted by molar-refractivity contribution is -0.150. The second-order valence-electron chi connectivity index (χ2n) is 17.6. The summed E-state index contributed by atoms with van der Waals surface area (Å²) in [6.07, 6.45) is 47.6. The Morgan fingerprint density at radius 1 is 0.404 bits per heavy atom. The number of aliphatic hydroxyl groups excluding tert-OH is 1. The van der Waals surface area contributed by atoms with Gasteiger partial charge in [0.15, 0.2) is 0 Å². The van der Waals surface area contributed by atoms with Gasteiger partial charge in [0.2, 0.25) is 0 Å². The molecular formula is C51H101NO5. The van der Waals surface area contributed by atoms with Crippen molar-refractivity contribution in [1.82, 2.24) is 4.90 Å². The highest BCUT2D eigenvalue weighted by molar-refractivity contribution is 5.69. The highest BCUT2D eigenvalue weighted by atomic mass is 16.5. The van der Waals surface area contributed by atoms with E-state index in [1.807, 2.05) is 0 Å². The fraction of sp³-hybridized carbons (Fsp3) is 0.961. The van der Waals surface area contributed by atoms with Crippen molar-refractivity contribution in [2.24, 2.45) is 0 Å². The molecule has 0 saturated carbocycles. The summed E-state index contributed by atoms with van der Waals surface area (Å²) in [6.45, 7) is 11.2. The van der Waals surface area contributed by atoms with Crippen LogP contribution in [0.5, 0.6) is 0 Å². The first kappa shape index (κ1) is 55.9. The second-order valence-corrected chi connectivity index (χ2v) is 17.6. The van der Waals surface area contributed by atoms with Crippen molar-refractivity contribution in [2.45, 2.75) is 284 Å². The molecule has 0 unspecified atom stereocenters. The average molecular weight is 808 g/mol. The lowest BCUT2D eigenvalue weighted by Gasteiger charge is -2.22. The van der Waals surface area contributed by atoms with Gasteiger partial charge in [-0.05, 0) is 90.3 Å². The Morgan fingerprint density at radius 2 is 0.737 bits per heavy atom. The van der Waals surface area contributed by atoms with Crippen LogP contribution < -0.4 is 0 Å². The third-order valence-electron chi connectivity index (χ3n) is 11.9. The van der Waals surface area contributed by atoms with Crippen LogP contribution in [0.3, 0.4) is 0 Å². The van der Waals surface area contributed by atoms with Gasteiger partial charge in [0.05, 0.1) is 6.61 Å². The van der Waals surface area contributed by atoms with Crippen molar-refractivity contribution in [1.29, 1.82) is 0 Å². The number of aliphatic hydroxyl groups is 1. The number of unbranched alkanes of at least 4 members (excludes halogenated alkanes) is 30. The molecule has 0 rings (SSSR count). The summed E-state index contributed by atoms with van der Waals surface area (Å²) < 4.78 is 11.6. The van der Waals surface area contributed by atoms with Gasteiger partial charge in [-0.2, -0.15) is 0 Å². The summed E-state index contributed by atoms with van der Waals surface area (Å²) >= 11 is 0. The van der Waals surface area contributed by atoms with E-state index in [1.54, 1.807) is 0 Å². The molecule has 0 spiro atoms. The maximum Gasteiger partial charge on any atom is 0.306 e. The van der Waals surface area contributed by atoms with Crippen LogP contribution in [0.25, 0.3) is 0 Å². The number of hydrogen-bond acceptors (Lipinski definition) is 6. The van der Waals surface area contributed by atoms with Gasteiger partial charge in [0.25, 0.3) is 0 Å².